The minimum atomic E-state index is -5.23. The van der Waals surface area contributed by atoms with Gasteiger partial charge in [0.1, 0.15) is 219 Å². The molecule has 9 fully saturated rings. The number of carbonyl (C=O) groups is 6. The van der Waals surface area contributed by atoms with Gasteiger partial charge >= 0.3 is 7.82 Å². The molecule has 0 radical (unpaired) electrons. The number of rotatable bonds is 36. The summed E-state index contributed by atoms with van der Waals surface area (Å²) in [6, 6.07) is -11.2. The number of carbonyl (C=O) groups excluding carboxylic acids is 6. The average molecular weight is 1850 g/mol. The predicted octanol–water partition coefficient (Wildman–Crippen LogP) is -19.7. The summed E-state index contributed by atoms with van der Waals surface area (Å²) >= 11 is 0. The number of phosphoric acid groups is 1. The first-order valence-electron chi connectivity index (χ1n) is 39.5. The van der Waals surface area contributed by atoms with Gasteiger partial charge in [-0.15, -0.1) is 0 Å². The van der Waals surface area contributed by atoms with Crippen molar-refractivity contribution in [2.75, 3.05) is 72.6 Å². The second-order valence-corrected chi connectivity index (χ2v) is 32.3. The molecule has 57 heteroatoms. The van der Waals surface area contributed by atoms with Gasteiger partial charge in [0.05, 0.1) is 66.1 Å². The monoisotopic (exact) mass is 1850 g/mol. The van der Waals surface area contributed by atoms with Gasteiger partial charge in [-0.1, -0.05) is 0 Å². The number of aliphatic hydroxyl groups is 22. The highest BCUT2D eigenvalue weighted by atomic mass is 31.2. The molecule has 0 aliphatic carbocycles. The van der Waals surface area contributed by atoms with Gasteiger partial charge in [0.15, 0.2) is 56.6 Å². The van der Waals surface area contributed by atoms with Gasteiger partial charge in [-0.3, -0.25) is 37.8 Å². The lowest BCUT2D eigenvalue weighted by molar-refractivity contribution is -0.398. The summed E-state index contributed by atoms with van der Waals surface area (Å²) in [5, 5.41) is 264. The summed E-state index contributed by atoms with van der Waals surface area (Å²) in [4.78, 5) is 87.3. The maximum absolute atomic E-state index is 13.3. The molecule has 46 atom stereocenters. The Labute approximate surface area is 709 Å². The quantitative estimate of drug-likeness (QED) is 0.0259. The van der Waals surface area contributed by atoms with E-state index in [1.165, 1.54) is 0 Å². The lowest BCUT2D eigenvalue weighted by atomic mass is 9.93. The van der Waals surface area contributed by atoms with Crippen molar-refractivity contribution in [2.24, 2.45) is 5.73 Å². The van der Waals surface area contributed by atoms with Gasteiger partial charge in [-0.2, -0.15) is 0 Å². The van der Waals surface area contributed by atoms with Crippen LogP contribution in [0.15, 0.2) is 0 Å². The number of hydrogen-bond donors (Lipinski definition) is 30. The van der Waals surface area contributed by atoms with Crippen LogP contribution in [-0.4, -0.2) is 501 Å². The summed E-state index contributed by atoms with van der Waals surface area (Å²) < 4.78 is 126. The van der Waals surface area contributed by atoms with Crippen LogP contribution >= 0.6 is 7.82 Å². The van der Waals surface area contributed by atoms with Crippen LogP contribution in [0.2, 0.25) is 0 Å². The molecule has 9 heterocycles. The fraction of sp³-hybridized carbons (Fsp3) is 0.912. The molecule has 1 unspecified atom stereocenters. The first kappa shape index (κ1) is 104. The highest BCUT2D eigenvalue weighted by molar-refractivity contribution is 7.47. The molecule has 125 heavy (non-hydrogen) atoms. The fourth-order valence-corrected chi connectivity index (χ4v) is 16.4. The Hall–Kier alpha value is -4.67. The number of aliphatic hydroxyl groups excluding tert-OH is 22. The minimum absolute atomic E-state index is 0.357. The molecule has 0 bridgehead atoms. The molecular formula is C68H116N7O49P. The van der Waals surface area contributed by atoms with Gasteiger partial charge < -0.3 is 235 Å². The van der Waals surface area contributed by atoms with Gasteiger partial charge in [0.2, 0.25) is 35.4 Å². The largest absolute Gasteiger partial charge is 0.472 e. The Balaban J connectivity index is 1.09. The smallest absolute Gasteiger partial charge is 0.394 e. The highest BCUT2D eigenvalue weighted by Gasteiger charge is 2.62. The van der Waals surface area contributed by atoms with Crippen LogP contribution in [0.25, 0.3) is 0 Å². The van der Waals surface area contributed by atoms with Crippen molar-refractivity contribution < 1.29 is 240 Å². The van der Waals surface area contributed by atoms with E-state index in [0.717, 1.165) is 41.5 Å². The van der Waals surface area contributed by atoms with Gasteiger partial charge in [-0.05, 0) is 0 Å². The van der Waals surface area contributed by atoms with E-state index >= 15 is 0 Å². The van der Waals surface area contributed by atoms with E-state index in [2.05, 4.69) is 31.9 Å². The van der Waals surface area contributed by atoms with Gasteiger partial charge in [0.25, 0.3) is 0 Å². The molecule has 9 aliphatic rings. The number of nitrogens with two attached hydrogens (primary N) is 1. The SMILES string of the molecule is CC(=O)N[C@@H]1[C@@H](O)[C@H](O[C@@H]2O[C@H](CO)[C@@H](O[C@@H]3O[C@H](CO[C@H]4O[C@H](CO)[C@@H](O)[C@H](O)[C@@H]4O[C@@H]4O[C@H](CO)[C@@H](O[C@@H]5O[C@H](CO)[C@H](O)[C@H](O)[C@H]5NC(C)=O)[C@H](O)[C@H]4NC(C)=O)[C@@H](O)[C@H](O[C@H]4O[C@H](CO)[C@@H](O)[C@H](O)[C@@H]4O[C@@H]4O[C@H](COP(=O)(O)OCCN)[C@@H](O[C@@H]5O[C@H](CO)[C@H](O)[C@H](O)[C@H]5NC(C)=O)[C@H](O)[C@H]4NC(C)=O)[C@@H]3O)[C@H](O)[C@H]2NC(C)=O)[C@@H](CO)O[C@H]1O. The van der Waals surface area contributed by atoms with Crippen molar-refractivity contribution >= 4 is 43.3 Å². The standard InChI is InChI=1S/C68H116N7O49P/c1-18(83)70-33-46(96)53(28(13-80)109-60(33)103)118-63-36(73-21(4)86)48(98)55(30(15-82)114-63)121-66-52(102)57(43(93)31(116-66)16-106-67-58(50(100)41(91)26(11-78)112-67)123-64-37(74-22(5)87)47(97)54(29(14-81)115-64)119-61-34(71-19(2)84)44(94)39(89)24(9-76)110-61)122-68-59(51(101)42(92)27(12-79)113-68)124-65-38(75-23(6)88)49(99)56(32(117-65)17-108-125(104,105)107-8-7-69)120-62-35(72-20(3)85)45(95)40(90)25(10-77)111-62/h24-68,76-82,89-103H,7-17,69H2,1-6H3,(H,70,83)(H,71,84)(H,72,85)(H,73,86)(H,74,87)(H,75,88)(H,104,105)/t24-,25-,26-,27-,28-,29-,30-,31-,32-,33-,34-,35-,36-,37-,38-,39+,40+,41-,42-,43-,44-,45-,46-,47-,48-,49-,50+,51+,52+,53-,54-,55-,56-,57+,58+,59+,60-,61+,62+,63+,64+,65+,66+,67+,68-/m1/s1. The molecule has 9 saturated heterocycles. The molecule has 9 aliphatic heterocycles. The summed E-state index contributed by atoms with van der Waals surface area (Å²) in [7, 11) is -5.23. The zero-order valence-corrected chi connectivity index (χ0v) is 68.6. The third kappa shape index (κ3) is 24.8. The molecule has 6 amide bonds. The molecule has 56 nitrogen and oxygen atoms in total. The average Bonchev–Trinajstić information content (AvgIpc) is 0.766. The summed E-state index contributed by atoms with van der Waals surface area (Å²) in [5.74, 6) is -5.46. The predicted molar refractivity (Wildman–Crippen MR) is 390 cm³/mol. The van der Waals surface area contributed by atoms with Crippen LogP contribution in [0.1, 0.15) is 41.5 Å². The molecular weight excluding hydrogens is 1730 g/mol. The van der Waals surface area contributed by atoms with Crippen molar-refractivity contribution in [3.63, 3.8) is 0 Å². The Morgan fingerprint density at radius 1 is 0.280 bits per heavy atom. The molecule has 0 aromatic rings. The molecule has 0 saturated carbocycles. The highest BCUT2D eigenvalue weighted by Crippen LogP contribution is 2.45. The van der Waals surface area contributed by atoms with Crippen molar-refractivity contribution in [3.8, 4) is 0 Å². The number of nitrogens with one attached hydrogen (secondary N) is 6. The molecule has 0 aromatic heterocycles. The zero-order chi connectivity index (χ0) is 92.4. The van der Waals surface area contributed by atoms with E-state index < -0.39 is 385 Å². The van der Waals surface area contributed by atoms with E-state index in [1.807, 2.05) is 0 Å². The Kier molecular flexibility index (Phi) is 38.4. The van der Waals surface area contributed by atoms with Crippen LogP contribution in [0, 0.1) is 0 Å². The summed E-state index contributed by atoms with van der Waals surface area (Å²) in [6.07, 6.45) is -83.4. The van der Waals surface area contributed by atoms with E-state index in [9.17, 15) is 151 Å². The van der Waals surface area contributed by atoms with E-state index in [0.29, 0.717) is 0 Å². The minimum Gasteiger partial charge on any atom is -0.394 e. The Morgan fingerprint density at radius 2 is 0.552 bits per heavy atom. The summed E-state index contributed by atoms with van der Waals surface area (Å²) in [5.41, 5.74) is 5.48. The topological polar surface area (TPSA) is 858 Å². The first-order valence-corrected chi connectivity index (χ1v) is 41.0. The number of amides is 6. The van der Waals surface area contributed by atoms with Gasteiger partial charge in [0, 0.05) is 48.1 Å². The van der Waals surface area contributed by atoms with E-state index in [-0.39, 0.29) is 6.54 Å². The Bertz CT molecular complexity index is 3500. The van der Waals surface area contributed by atoms with Crippen molar-refractivity contribution in [2.45, 2.75) is 318 Å². The molecule has 31 N–H and O–H groups in total. The van der Waals surface area contributed by atoms with Crippen LogP contribution in [-0.2, 0) is 123 Å². The lowest BCUT2D eigenvalue weighted by Crippen LogP contribution is -2.71. The lowest BCUT2D eigenvalue weighted by Gasteiger charge is -2.51. The van der Waals surface area contributed by atoms with Crippen LogP contribution in [0.5, 0.6) is 0 Å². The molecule has 722 valence electrons. The third-order valence-electron chi connectivity index (χ3n) is 21.8. The second-order valence-electron chi connectivity index (χ2n) is 30.8. The van der Waals surface area contributed by atoms with Crippen LogP contribution in [0.4, 0.5) is 0 Å². The number of hydrogen-bond acceptors (Lipinski definition) is 49. The molecule has 9 rings (SSSR count). The van der Waals surface area contributed by atoms with E-state index in [1.54, 1.807) is 0 Å². The molecule has 0 aromatic carbocycles. The zero-order valence-electron chi connectivity index (χ0n) is 67.7. The second kappa shape index (κ2) is 46.1. The fourth-order valence-electron chi connectivity index (χ4n) is 15.6. The normalized spacial score (nSPS) is 45.5. The number of ether oxygens (including phenoxy) is 17. The maximum Gasteiger partial charge on any atom is 0.472 e. The third-order valence-corrected chi connectivity index (χ3v) is 22.7. The van der Waals surface area contributed by atoms with Crippen LogP contribution < -0.4 is 37.6 Å². The van der Waals surface area contributed by atoms with Crippen LogP contribution in [0.3, 0.4) is 0 Å². The van der Waals surface area contributed by atoms with Crippen molar-refractivity contribution in [1.29, 1.82) is 0 Å². The van der Waals surface area contributed by atoms with Crippen molar-refractivity contribution in [3.05, 3.63) is 0 Å². The number of phosphoric ester groups is 1. The van der Waals surface area contributed by atoms with E-state index in [4.69, 9.17) is 95.3 Å². The van der Waals surface area contributed by atoms with Gasteiger partial charge in [-0.25, -0.2) is 4.57 Å². The summed E-state index contributed by atoms with van der Waals surface area (Å²) in [6.45, 7) is -5.52. The molecule has 0 spiro atoms. The first-order chi connectivity index (χ1) is 59.0. The van der Waals surface area contributed by atoms with Crippen molar-refractivity contribution in [1.82, 2.24) is 31.9 Å². The maximum atomic E-state index is 13.3. The Morgan fingerprint density at radius 3 is 0.920 bits per heavy atom.